The van der Waals surface area contributed by atoms with Gasteiger partial charge in [0.25, 0.3) is 0 Å². The lowest BCUT2D eigenvalue weighted by molar-refractivity contribution is 0.192. The van der Waals surface area contributed by atoms with Gasteiger partial charge in [0.05, 0.1) is 0 Å². The van der Waals surface area contributed by atoms with Gasteiger partial charge < -0.3 is 0 Å². The van der Waals surface area contributed by atoms with Gasteiger partial charge in [-0.15, -0.1) is 0 Å². The lowest BCUT2D eigenvalue weighted by Crippen LogP contribution is -2.44. The van der Waals surface area contributed by atoms with Crippen molar-refractivity contribution >= 4 is 10.0 Å². The van der Waals surface area contributed by atoms with Crippen LogP contribution in [0.15, 0.2) is 47.4 Å². The Hall–Kier alpha value is -1.83. The highest BCUT2D eigenvalue weighted by molar-refractivity contribution is 7.89. The highest BCUT2D eigenvalue weighted by Crippen LogP contribution is 2.21. The monoisotopic (exact) mass is 366 g/mol. The van der Waals surface area contributed by atoms with Crippen LogP contribution in [0.1, 0.15) is 18.1 Å². The normalized spacial score (nSPS) is 16.4. The Balaban J connectivity index is 1.67. The maximum atomic E-state index is 13.7. The van der Waals surface area contributed by atoms with Crippen molar-refractivity contribution in [3.05, 3.63) is 65.2 Å². The number of halogens is 2. The smallest absolute Gasteiger partial charge is 0.246 e. The molecule has 1 atom stereocenters. The molecule has 0 aromatic heterocycles. The second-order valence-electron chi connectivity index (χ2n) is 6.24. The van der Waals surface area contributed by atoms with Gasteiger partial charge in [0.2, 0.25) is 10.0 Å². The highest BCUT2D eigenvalue weighted by Gasteiger charge is 2.26. The number of hydrogen-bond donors (Lipinski definition) is 1. The fourth-order valence-electron chi connectivity index (χ4n) is 3.06. The first kappa shape index (κ1) is 18.0. The van der Waals surface area contributed by atoms with E-state index in [2.05, 4.69) is 21.8 Å². The molecule has 0 bridgehead atoms. The summed E-state index contributed by atoms with van der Waals surface area (Å²) in [5, 5.41) is 0. The highest BCUT2D eigenvalue weighted by atomic mass is 32.2. The second kappa shape index (κ2) is 7.19. The van der Waals surface area contributed by atoms with Gasteiger partial charge in [-0.25, -0.2) is 21.9 Å². The van der Waals surface area contributed by atoms with E-state index in [9.17, 15) is 17.2 Å². The largest absolute Gasteiger partial charge is 0.295 e. The molecule has 0 unspecified atom stereocenters. The van der Waals surface area contributed by atoms with Gasteiger partial charge in [-0.3, -0.25) is 4.90 Å². The molecule has 0 saturated carbocycles. The van der Waals surface area contributed by atoms with E-state index in [0.29, 0.717) is 0 Å². The predicted octanol–water partition coefficient (Wildman–Crippen LogP) is 2.69. The number of fused-ring (bicyclic) bond motifs is 1. The number of sulfonamides is 1. The first-order valence-corrected chi connectivity index (χ1v) is 9.61. The minimum atomic E-state index is -4.24. The molecule has 7 heteroatoms. The number of rotatable bonds is 5. The zero-order chi connectivity index (χ0) is 18.0. The molecule has 134 valence electrons. The molecule has 2 aromatic carbocycles. The molecule has 2 aromatic rings. The Morgan fingerprint density at radius 2 is 1.72 bits per heavy atom. The Morgan fingerprint density at radius 3 is 2.40 bits per heavy atom. The average molecular weight is 366 g/mol. The predicted molar refractivity (Wildman–Crippen MR) is 91.6 cm³/mol. The van der Waals surface area contributed by atoms with Gasteiger partial charge in [-0.1, -0.05) is 30.3 Å². The Labute approximate surface area is 146 Å². The SMILES string of the molecule is C[C@H](CNS(=O)(=O)c1c(F)cccc1F)N1CCc2ccccc2C1. The van der Waals surface area contributed by atoms with Gasteiger partial charge in [-0.2, -0.15) is 0 Å². The van der Waals surface area contributed by atoms with Crippen LogP contribution >= 0.6 is 0 Å². The van der Waals surface area contributed by atoms with Crippen molar-refractivity contribution in [2.75, 3.05) is 13.1 Å². The van der Waals surface area contributed by atoms with E-state index in [1.54, 1.807) is 0 Å². The summed E-state index contributed by atoms with van der Waals surface area (Å²) in [6, 6.07) is 11.1. The maximum Gasteiger partial charge on any atom is 0.246 e. The zero-order valence-electron chi connectivity index (χ0n) is 13.9. The topological polar surface area (TPSA) is 49.4 Å². The standard InChI is InChI=1S/C18H20F2N2O2S/c1-13(22-10-9-14-5-2-3-6-15(14)12-22)11-21-25(23,24)18-16(19)7-4-8-17(18)20/h2-8,13,21H,9-12H2,1H3/t13-/m1/s1. The number of nitrogens with zero attached hydrogens (tertiary/aromatic N) is 1. The summed E-state index contributed by atoms with van der Waals surface area (Å²) in [7, 11) is -4.24. The van der Waals surface area contributed by atoms with Crippen LogP contribution in [0.25, 0.3) is 0 Å². The molecule has 25 heavy (non-hydrogen) atoms. The van der Waals surface area contributed by atoms with E-state index >= 15 is 0 Å². The molecule has 0 fully saturated rings. The Morgan fingerprint density at radius 1 is 1.08 bits per heavy atom. The number of nitrogens with one attached hydrogen (secondary N) is 1. The van der Waals surface area contributed by atoms with Crippen LogP contribution in [-0.4, -0.2) is 32.4 Å². The van der Waals surface area contributed by atoms with E-state index in [1.807, 2.05) is 19.1 Å². The van der Waals surface area contributed by atoms with E-state index in [-0.39, 0.29) is 12.6 Å². The van der Waals surface area contributed by atoms with Gasteiger partial charge >= 0.3 is 0 Å². The average Bonchev–Trinajstić information content (AvgIpc) is 2.59. The third kappa shape index (κ3) is 3.89. The minimum Gasteiger partial charge on any atom is -0.295 e. The van der Waals surface area contributed by atoms with Crippen LogP contribution in [-0.2, 0) is 23.0 Å². The molecule has 1 aliphatic heterocycles. The summed E-state index contributed by atoms with van der Waals surface area (Å²) in [5.74, 6) is -2.18. The minimum absolute atomic E-state index is 0.0816. The molecule has 0 radical (unpaired) electrons. The summed E-state index contributed by atoms with van der Waals surface area (Å²) >= 11 is 0. The van der Waals surface area contributed by atoms with Crippen molar-refractivity contribution in [3.8, 4) is 0 Å². The molecule has 1 N–H and O–H groups in total. The summed E-state index contributed by atoms with van der Waals surface area (Å²) in [5.41, 5.74) is 2.53. The van der Waals surface area contributed by atoms with Crippen molar-refractivity contribution < 1.29 is 17.2 Å². The third-order valence-corrected chi connectivity index (χ3v) is 6.01. The van der Waals surface area contributed by atoms with Crippen molar-refractivity contribution in [3.63, 3.8) is 0 Å². The van der Waals surface area contributed by atoms with E-state index in [4.69, 9.17) is 0 Å². The Bertz CT molecular complexity index is 851. The number of hydrogen-bond acceptors (Lipinski definition) is 3. The molecule has 3 rings (SSSR count). The maximum absolute atomic E-state index is 13.7. The van der Waals surface area contributed by atoms with Crippen LogP contribution in [0.3, 0.4) is 0 Å². The van der Waals surface area contributed by atoms with Crippen molar-refractivity contribution in [2.24, 2.45) is 0 Å². The van der Waals surface area contributed by atoms with E-state index in [1.165, 1.54) is 11.1 Å². The van der Waals surface area contributed by atoms with Crippen LogP contribution in [0.2, 0.25) is 0 Å². The zero-order valence-corrected chi connectivity index (χ0v) is 14.7. The molecule has 4 nitrogen and oxygen atoms in total. The fraction of sp³-hybridized carbons (Fsp3) is 0.333. The van der Waals surface area contributed by atoms with Gasteiger partial charge in [0, 0.05) is 25.7 Å². The third-order valence-electron chi connectivity index (χ3n) is 4.54. The summed E-state index contributed by atoms with van der Waals surface area (Å²) in [4.78, 5) is 1.23. The van der Waals surface area contributed by atoms with Crippen LogP contribution in [0.5, 0.6) is 0 Å². The molecule has 0 amide bonds. The summed E-state index contributed by atoms with van der Waals surface area (Å²) < 4.78 is 54.3. The van der Waals surface area contributed by atoms with Gasteiger partial charge in [0.15, 0.2) is 4.90 Å². The molecule has 0 aliphatic carbocycles. The van der Waals surface area contributed by atoms with Crippen molar-refractivity contribution in [1.29, 1.82) is 0 Å². The lowest BCUT2D eigenvalue weighted by Gasteiger charge is -2.33. The lowest BCUT2D eigenvalue weighted by atomic mass is 9.99. The second-order valence-corrected chi connectivity index (χ2v) is 7.94. The molecule has 1 heterocycles. The van der Waals surface area contributed by atoms with Crippen LogP contribution < -0.4 is 4.72 Å². The summed E-state index contributed by atoms with van der Waals surface area (Å²) in [6.45, 7) is 3.52. The Kier molecular flexibility index (Phi) is 5.17. The molecule has 1 aliphatic rings. The first-order valence-electron chi connectivity index (χ1n) is 8.13. The van der Waals surface area contributed by atoms with Crippen molar-refractivity contribution in [2.45, 2.75) is 30.8 Å². The van der Waals surface area contributed by atoms with Gasteiger partial charge in [0.1, 0.15) is 11.6 Å². The molecular weight excluding hydrogens is 346 g/mol. The summed E-state index contributed by atoms with van der Waals surface area (Å²) in [6.07, 6.45) is 0.898. The van der Waals surface area contributed by atoms with E-state index in [0.717, 1.165) is 37.7 Å². The fourth-order valence-corrected chi connectivity index (χ4v) is 4.32. The molecular formula is C18H20F2N2O2S. The van der Waals surface area contributed by atoms with Crippen LogP contribution in [0.4, 0.5) is 8.78 Å². The van der Waals surface area contributed by atoms with Gasteiger partial charge in [-0.05, 0) is 36.6 Å². The number of benzene rings is 2. The van der Waals surface area contributed by atoms with E-state index < -0.39 is 26.6 Å². The first-order chi connectivity index (χ1) is 11.9. The molecule has 0 saturated heterocycles. The van der Waals surface area contributed by atoms with Crippen LogP contribution in [0, 0.1) is 11.6 Å². The quantitative estimate of drug-likeness (QED) is 0.885. The molecule has 0 spiro atoms. The van der Waals surface area contributed by atoms with Crippen molar-refractivity contribution in [1.82, 2.24) is 9.62 Å².